The van der Waals surface area contributed by atoms with Crippen molar-refractivity contribution in [1.82, 2.24) is 5.32 Å². The minimum atomic E-state index is 0.0851. The highest BCUT2D eigenvalue weighted by molar-refractivity contribution is 5.76. The van der Waals surface area contributed by atoms with E-state index in [0.29, 0.717) is 12.8 Å². The van der Waals surface area contributed by atoms with Crippen molar-refractivity contribution in [2.75, 3.05) is 0 Å². The highest BCUT2D eigenvalue weighted by Crippen LogP contribution is 2.06. The minimum Gasteiger partial charge on any atom is -0.469 e. The van der Waals surface area contributed by atoms with Gasteiger partial charge < -0.3 is 9.73 Å². The fourth-order valence-electron chi connectivity index (χ4n) is 2.14. The van der Waals surface area contributed by atoms with Gasteiger partial charge in [-0.3, -0.25) is 4.79 Å². The lowest BCUT2D eigenvalue weighted by Gasteiger charge is -2.13. The van der Waals surface area contributed by atoms with Gasteiger partial charge in [0.1, 0.15) is 5.76 Å². The van der Waals surface area contributed by atoms with Gasteiger partial charge in [0.25, 0.3) is 0 Å². The topological polar surface area (TPSA) is 42.2 Å². The Kier molecular flexibility index (Phi) is 5.42. The van der Waals surface area contributed by atoms with Crippen LogP contribution in [0.1, 0.15) is 31.1 Å². The second kappa shape index (κ2) is 7.53. The lowest BCUT2D eigenvalue weighted by Crippen LogP contribution is -2.33. The van der Waals surface area contributed by atoms with E-state index in [1.165, 1.54) is 5.56 Å². The predicted octanol–water partition coefficient (Wildman–Crippen LogP) is 3.35. The number of aryl methyl sites for hydroxylation is 2. The van der Waals surface area contributed by atoms with Gasteiger partial charge in [-0.15, -0.1) is 0 Å². The maximum Gasteiger partial charge on any atom is 0.220 e. The van der Waals surface area contributed by atoms with Gasteiger partial charge in [-0.2, -0.15) is 0 Å². The van der Waals surface area contributed by atoms with Crippen LogP contribution >= 0.6 is 0 Å². The molecule has 2 rings (SSSR count). The Morgan fingerprint density at radius 2 is 1.95 bits per heavy atom. The molecule has 1 N–H and O–H groups in total. The summed E-state index contributed by atoms with van der Waals surface area (Å²) >= 11 is 0. The Bertz CT molecular complexity index is 505. The van der Waals surface area contributed by atoms with Gasteiger partial charge in [0.2, 0.25) is 5.91 Å². The fraction of sp³-hybridized carbons (Fsp3) is 0.353. The molecule has 2 aromatic rings. The van der Waals surface area contributed by atoms with E-state index in [0.717, 1.165) is 18.6 Å². The molecule has 0 saturated heterocycles. The van der Waals surface area contributed by atoms with Crippen LogP contribution in [0.4, 0.5) is 0 Å². The minimum absolute atomic E-state index is 0.0851. The second-order valence-corrected chi connectivity index (χ2v) is 5.07. The summed E-state index contributed by atoms with van der Waals surface area (Å²) in [7, 11) is 0. The molecule has 0 bridgehead atoms. The number of amides is 1. The average Bonchev–Trinajstić information content (AvgIpc) is 2.97. The van der Waals surface area contributed by atoms with Crippen LogP contribution in [0, 0.1) is 0 Å². The van der Waals surface area contributed by atoms with E-state index < -0.39 is 0 Å². The molecule has 20 heavy (non-hydrogen) atoms. The molecule has 0 saturated carbocycles. The van der Waals surface area contributed by atoms with Gasteiger partial charge in [0, 0.05) is 18.9 Å². The normalized spacial score (nSPS) is 12.1. The zero-order valence-electron chi connectivity index (χ0n) is 11.8. The van der Waals surface area contributed by atoms with E-state index in [-0.39, 0.29) is 11.9 Å². The first kappa shape index (κ1) is 14.4. The fourth-order valence-corrected chi connectivity index (χ4v) is 2.14. The molecule has 0 aliphatic heterocycles. The molecule has 1 atom stereocenters. The lowest BCUT2D eigenvalue weighted by atomic mass is 10.1. The van der Waals surface area contributed by atoms with E-state index >= 15 is 0 Å². The van der Waals surface area contributed by atoms with Crippen molar-refractivity contribution < 1.29 is 9.21 Å². The van der Waals surface area contributed by atoms with E-state index in [4.69, 9.17) is 4.42 Å². The maximum atomic E-state index is 11.8. The molecule has 1 unspecified atom stereocenters. The summed E-state index contributed by atoms with van der Waals surface area (Å²) in [5, 5.41) is 3.03. The Balaban J connectivity index is 1.66. The highest BCUT2D eigenvalue weighted by atomic mass is 16.3. The summed E-state index contributed by atoms with van der Waals surface area (Å²) in [6.07, 6.45) is 4.71. The third-order valence-electron chi connectivity index (χ3n) is 3.29. The molecule has 1 aromatic carbocycles. The van der Waals surface area contributed by atoms with Crippen LogP contribution < -0.4 is 5.32 Å². The third kappa shape index (κ3) is 4.92. The number of nitrogens with one attached hydrogen (secondary N) is 1. The molecular formula is C17H21NO2. The molecule has 0 spiro atoms. The number of carbonyl (C=O) groups is 1. The number of furan rings is 1. The summed E-state index contributed by atoms with van der Waals surface area (Å²) in [5.74, 6) is 0.944. The standard InChI is InChI=1S/C17H21NO2/c1-14(9-10-15-6-3-2-4-7-15)18-17(19)12-11-16-8-5-13-20-16/h2-8,13-14H,9-12H2,1H3,(H,18,19). The molecule has 1 heterocycles. The summed E-state index contributed by atoms with van der Waals surface area (Å²) in [5.41, 5.74) is 1.31. The Morgan fingerprint density at radius 1 is 1.15 bits per heavy atom. The van der Waals surface area contributed by atoms with Crippen LogP contribution in [0.3, 0.4) is 0 Å². The van der Waals surface area contributed by atoms with Crippen LogP contribution in [0.2, 0.25) is 0 Å². The van der Waals surface area contributed by atoms with Crippen LogP contribution in [0.5, 0.6) is 0 Å². The SMILES string of the molecule is CC(CCc1ccccc1)NC(=O)CCc1ccco1. The van der Waals surface area contributed by atoms with Crippen molar-refractivity contribution in [1.29, 1.82) is 0 Å². The summed E-state index contributed by atoms with van der Waals surface area (Å²) in [6.45, 7) is 2.05. The lowest BCUT2D eigenvalue weighted by molar-refractivity contribution is -0.121. The third-order valence-corrected chi connectivity index (χ3v) is 3.29. The van der Waals surface area contributed by atoms with Crippen molar-refractivity contribution in [2.24, 2.45) is 0 Å². The summed E-state index contributed by atoms with van der Waals surface area (Å²) < 4.78 is 5.21. The zero-order chi connectivity index (χ0) is 14.2. The molecule has 0 radical (unpaired) electrons. The number of carbonyl (C=O) groups excluding carboxylic acids is 1. The molecule has 1 amide bonds. The van der Waals surface area contributed by atoms with Gasteiger partial charge in [-0.1, -0.05) is 30.3 Å². The first-order chi connectivity index (χ1) is 9.74. The Morgan fingerprint density at radius 3 is 2.65 bits per heavy atom. The smallest absolute Gasteiger partial charge is 0.220 e. The first-order valence-corrected chi connectivity index (χ1v) is 7.09. The van der Waals surface area contributed by atoms with E-state index in [1.807, 2.05) is 37.3 Å². The molecule has 3 heteroatoms. The molecule has 1 aromatic heterocycles. The monoisotopic (exact) mass is 271 g/mol. The van der Waals surface area contributed by atoms with Crippen LogP contribution in [0.15, 0.2) is 53.1 Å². The molecule has 0 fully saturated rings. The molecular weight excluding hydrogens is 250 g/mol. The predicted molar refractivity (Wildman–Crippen MR) is 79.4 cm³/mol. The van der Waals surface area contributed by atoms with Gasteiger partial charge in [-0.25, -0.2) is 0 Å². The van der Waals surface area contributed by atoms with Gasteiger partial charge >= 0.3 is 0 Å². The quantitative estimate of drug-likeness (QED) is 0.839. The van der Waals surface area contributed by atoms with Crippen LogP contribution in [-0.2, 0) is 17.6 Å². The average molecular weight is 271 g/mol. The van der Waals surface area contributed by atoms with E-state index in [9.17, 15) is 4.79 Å². The van der Waals surface area contributed by atoms with Crippen LogP contribution in [-0.4, -0.2) is 11.9 Å². The van der Waals surface area contributed by atoms with Gasteiger partial charge in [0.05, 0.1) is 6.26 Å². The first-order valence-electron chi connectivity index (χ1n) is 7.09. The van der Waals surface area contributed by atoms with Crippen molar-refractivity contribution >= 4 is 5.91 Å². The zero-order valence-corrected chi connectivity index (χ0v) is 11.8. The summed E-state index contributed by atoms with van der Waals surface area (Å²) in [4.78, 5) is 11.8. The Hall–Kier alpha value is -2.03. The van der Waals surface area contributed by atoms with E-state index in [1.54, 1.807) is 6.26 Å². The molecule has 0 aliphatic carbocycles. The van der Waals surface area contributed by atoms with Crippen molar-refractivity contribution in [3.05, 3.63) is 60.1 Å². The molecule has 3 nitrogen and oxygen atoms in total. The second-order valence-electron chi connectivity index (χ2n) is 5.07. The number of hydrogen-bond acceptors (Lipinski definition) is 2. The van der Waals surface area contributed by atoms with E-state index in [2.05, 4.69) is 17.4 Å². The number of benzene rings is 1. The van der Waals surface area contributed by atoms with Gasteiger partial charge in [0.15, 0.2) is 0 Å². The van der Waals surface area contributed by atoms with Gasteiger partial charge in [-0.05, 0) is 37.5 Å². The Labute approximate surface area is 120 Å². The van der Waals surface area contributed by atoms with Crippen molar-refractivity contribution in [2.45, 2.75) is 38.6 Å². The molecule has 106 valence electrons. The molecule has 0 aliphatic rings. The number of hydrogen-bond donors (Lipinski definition) is 1. The van der Waals surface area contributed by atoms with Crippen LogP contribution in [0.25, 0.3) is 0 Å². The number of rotatable bonds is 7. The van der Waals surface area contributed by atoms with Crippen molar-refractivity contribution in [3.8, 4) is 0 Å². The maximum absolute atomic E-state index is 11.8. The highest BCUT2D eigenvalue weighted by Gasteiger charge is 2.08. The largest absolute Gasteiger partial charge is 0.469 e. The summed E-state index contributed by atoms with van der Waals surface area (Å²) in [6, 6.07) is 14.3. The van der Waals surface area contributed by atoms with Crippen molar-refractivity contribution in [3.63, 3.8) is 0 Å².